The van der Waals surface area contributed by atoms with Gasteiger partial charge in [0.15, 0.2) is 0 Å². The number of carbonyl (C=O) groups excluding carboxylic acids is 1. The van der Waals surface area contributed by atoms with Gasteiger partial charge in [-0.1, -0.05) is 6.07 Å². The van der Waals surface area contributed by atoms with E-state index in [9.17, 15) is 9.18 Å². The predicted octanol–water partition coefficient (Wildman–Crippen LogP) is 1.70. The second kappa shape index (κ2) is 7.31. The molecule has 0 aliphatic carbocycles. The Morgan fingerprint density at radius 1 is 1.53 bits per heavy atom. The molecular weight excluding hydrogens is 273 g/mol. The highest BCUT2D eigenvalue weighted by molar-refractivity contribution is 5.85. The van der Waals surface area contributed by atoms with Crippen LogP contribution < -0.4 is 10.1 Å². The van der Waals surface area contributed by atoms with Crippen molar-refractivity contribution in [3.8, 4) is 5.75 Å². The molecule has 0 aromatic heterocycles. The van der Waals surface area contributed by atoms with E-state index in [0.717, 1.165) is 19.5 Å². The molecule has 0 saturated carbocycles. The van der Waals surface area contributed by atoms with Gasteiger partial charge in [0.25, 0.3) is 0 Å². The van der Waals surface area contributed by atoms with Gasteiger partial charge in [-0.3, -0.25) is 4.79 Å². The Bertz CT molecular complexity index is 436. The fraction of sp³-hybridized carbons (Fsp3) is 0.462. The van der Waals surface area contributed by atoms with Gasteiger partial charge in [-0.05, 0) is 24.6 Å². The smallest absolute Gasteiger partial charge is 0.310 e. The van der Waals surface area contributed by atoms with Crippen LogP contribution in [0.5, 0.6) is 5.75 Å². The second-order valence-corrected chi connectivity index (χ2v) is 4.24. The standard InChI is InChI=1S/C13H16FNO3.ClH/c1-17-13(16)6-9-2-3-10(7-12(9)14)18-11-4-5-15-8-11;/h2-3,7,11,15H,4-6,8H2,1H3;1H/t11-;/m0./s1. The molecule has 2 rings (SSSR count). The number of nitrogens with one attached hydrogen (secondary N) is 1. The molecule has 1 aliphatic heterocycles. The van der Waals surface area contributed by atoms with Gasteiger partial charge in [-0.2, -0.15) is 0 Å². The average molecular weight is 290 g/mol. The van der Waals surface area contributed by atoms with Crippen LogP contribution in [0.25, 0.3) is 0 Å². The highest BCUT2D eigenvalue weighted by atomic mass is 35.5. The van der Waals surface area contributed by atoms with Crippen LogP contribution in [0.4, 0.5) is 4.39 Å². The van der Waals surface area contributed by atoms with E-state index < -0.39 is 11.8 Å². The van der Waals surface area contributed by atoms with Crippen molar-refractivity contribution in [2.75, 3.05) is 20.2 Å². The SMILES string of the molecule is COC(=O)Cc1ccc(O[C@H]2CCNC2)cc1F.Cl. The van der Waals surface area contributed by atoms with Crippen molar-refractivity contribution in [2.24, 2.45) is 0 Å². The van der Waals surface area contributed by atoms with Gasteiger partial charge < -0.3 is 14.8 Å². The van der Waals surface area contributed by atoms with E-state index in [1.165, 1.54) is 13.2 Å². The first-order chi connectivity index (χ1) is 8.69. The van der Waals surface area contributed by atoms with Gasteiger partial charge in [-0.25, -0.2) is 4.39 Å². The molecule has 1 saturated heterocycles. The third-order valence-corrected chi connectivity index (χ3v) is 2.90. The van der Waals surface area contributed by atoms with Crippen molar-refractivity contribution >= 4 is 18.4 Å². The van der Waals surface area contributed by atoms with Crippen molar-refractivity contribution in [1.29, 1.82) is 0 Å². The normalized spacial score (nSPS) is 17.7. The van der Waals surface area contributed by atoms with Crippen molar-refractivity contribution in [2.45, 2.75) is 18.9 Å². The van der Waals surface area contributed by atoms with E-state index in [-0.39, 0.29) is 24.9 Å². The number of hydrogen-bond donors (Lipinski definition) is 1. The molecule has 19 heavy (non-hydrogen) atoms. The van der Waals surface area contributed by atoms with Crippen LogP contribution in [-0.2, 0) is 16.0 Å². The summed E-state index contributed by atoms with van der Waals surface area (Å²) < 4.78 is 23.8. The fourth-order valence-electron chi connectivity index (χ4n) is 1.89. The summed E-state index contributed by atoms with van der Waals surface area (Å²) in [5, 5.41) is 3.17. The van der Waals surface area contributed by atoms with E-state index in [1.54, 1.807) is 12.1 Å². The van der Waals surface area contributed by atoms with Crippen molar-refractivity contribution < 1.29 is 18.7 Å². The molecule has 1 atom stereocenters. The number of methoxy groups -OCH3 is 1. The maximum Gasteiger partial charge on any atom is 0.310 e. The van der Waals surface area contributed by atoms with Crippen molar-refractivity contribution in [3.63, 3.8) is 0 Å². The molecule has 1 aliphatic rings. The van der Waals surface area contributed by atoms with Gasteiger partial charge >= 0.3 is 5.97 Å². The van der Waals surface area contributed by atoms with Crippen LogP contribution >= 0.6 is 12.4 Å². The lowest BCUT2D eigenvalue weighted by Crippen LogP contribution is -2.19. The summed E-state index contributed by atoms with van der Waals surface area (Å²) >= 11 is 0. The van der Waals surface area contributed by atoms with E-state index >= 15 is 0 Å². The summed E-state index contributed by atoms with van der Waals surface area (Å²) in [6, 6.07) is 4.56. The first kappa shape index (κ1) is 15.7. The number of ether oxygens (including phenoxy) is 2. The molecule has 1 aromatic carbocycles. The number of halogens is 2. The van der Waals surface area contributed by atoms with Gasteiger partial charge in [0.1, 0.15) is 17.7 Å². The zero-order valence-corrected chi connectivity index (χ0v) is 11.5. The van der Waals surface area contributed by atoms with Crippen LogP contribution in [0.2, 0.25) is 0 Å². The lowest BCUT2D eigenvalue weighted by Gasteiger charge is -2.13. The van der Waals surface area contributed by atoms with Crippen LogP contribution in [-0.4, -0.2) is 32.3 Å². The van der Waals surface area contributed by atoms with E-state index in [1.807, 2.05) is 0 Å². The number of carbonyl (C=O) groups is 1. The Balaban J connectivity index is 0.00000180. The summed E-state index contributed by atoms with van der Waals surface area (Å²) in [4.78, 5) is 11.1. The highest BCUT2D eigenvalue weighted by Crippen LogP contribution is 2.20. The molecule has 0 bridgehead atoms. The number of rotatable bonds is 4. The monoisotopic (exact) mass is 289 g/mol. The molecule has 0 amide bonds. The minimum atomic E-state index is -0.456. The number of esters is 1. The van der Waals surface area contributed by atoms with Gasteiger partial charge in [0, 0.05) is 12.6 Å². The minimum absolute atomic E-state index is 0. The summed E-state index contributed by atoms with van der Waals surface area (Å²) in [5.41, 5.74) is 0.318. The number of benzene rings is 1. The summed E-state index contributed by atoms with van der Waals surface area (Å²) in [7, 11) is 1.28. The van der Waals surface area contributed by atoms with E-state index in [2.05, 4.69) is 10.1 Å². The van der Waals surface area contributed by atoms with Crippen LogP contribution in [0.3, 0.4) is 0 Å². The third-order valence-electron chi connectivity index (χ3n) is 2.90. The molecule has 1 fully saturated rings. The highest BCUT2D eigenvalue weighted by Gasteiger charge is 2.17. The van der Waals surface area contributed by atoms with Crippen molar-refractivity contribution in [1.82, 2.24) is 5.32 Å². The van der Waals surface area contributed by atoms with E-state index in [4.69, 9.17) is 4.74 Å². The van der Waals surface area contributed by atoms with E-state index in [0.29, 0.717) is 11.3 Å². The molecule has 6 heteroatoms. The average Bonchev–Trinajstić information content (AvgIpc) is 2.85. The maximum absolute atomic E-state index is 13.7. The van der Waals surface area contributed by atoms with Gasteiger partial charge in [0.05, 0.1) is 13.5 Å². The zero-order chi connectivity index (χ0) is 13.0. The molecule has 1 heterocycles. The largest absolute Gasteiger partial charge is 0.489 e. The molecule has 0 unspecified atom stereocenters. The topological polar surface area (TPSA) is 47.6 Å². The maximum atomic E-state index is 13.7. The van der Waals surface area contributed by atoms with Crippen LogP contribution in [0.1, 0.15) is 12.0 Å². The molecule has 106 valence electrons. The second-order valence-electron chi connectivity index (χ2n) is 4.24. The lowest BCUT2D eigenvalue weighted by molar-refractivity contribution is -0.139. The predicted molar refractivity (Wildman–Crippen MR) is 71.3 cm³/mol. The summed E-state index contributed by atoms with van der Waals surface area (Å²) in [6.07, 6.45) is 0.954. The first-order valence-corrected chi connectivity index (χ1v) is 5.91. The van der Waals surface area contributed by atoms with Crippen LogP contribution in [0.15, 0.2) is 18.2 Å². The van der Waals surface area contributed by atoms with Gasteiger partial charge in [-0.15, -0.1) is 12.4 Å². The Hall–Kier alpha value is -1.33. The molecule has 1 N–H and O–H groups in total. The molecule has 0 radical (unpaired) electrons. The van der Waals surface area contributed by atoms with Crippen LogP contribution in [0, 0.1) is 5.82 Å². The Labute approximate surface area is 117 Å². The fourth-order valence-corrected chi connectivity index (χ4v) is 1.89. The quantitative estimate of drug-likeness (QED) is 0.857. The minimum Gasteiger partial charge on any atom is -0.489 e. The van der Waals surface area contributed by atoms with Gasteiger partial charge in [0.2, 0.25) is 0 Å². The summed E-state index contributed by atoms with van der Waals surface area (Å²) in [5.74, 6) is -0.402. The molecule has 1 aromatic rings. The third kappa shape index (κ3) is 4.36. The zero-order valence-electron chi connectivity index (χ0n) is 10.6. The Morgan fingerprint density at radius 3 is 2.89 bits per heavy atom. The lowest BCUT2D eigenvalue weighted by atomic mass is 10.1. The Morgan fingerprint density at radius 2 is 2.32 bits per heavy atom. The first-order valence-electron chi connectivity index (χ1n) is 5.91. The Kier molecular flexibility index (Phi) is 6.05. The van der Waals surface area contributed by atoms with Crippen molar-refractivity contribution in [3.05, 3.63) is 29.6 Å². The molecular formula is C13H17ClFNO3. The molecule has 4 nitrogen and oxygen atoms in total. The summed E-state index contributed by atoms with van der Waals surface area (Å²) in [6.45, 7) is 1.71. The number of hydrogen-bond acceptors (Lipinski definition) is 4. The molecule has 0 spiro atoms.